The van der Waals surface area contributed by atoms with E-state index < -0.39 is 18.0 Å². The molecule has 0 fully saturated rings. The topological polar surface area (TPSA) is 242 Å². The van der Waals surface area contributed by atoms with Crippen LogP contribution in [0.1, 0.15) is 86.8 Å². The Labute approximate surface area is 469 Å². The van der Waals surface area contributed by atoms with Gasteiger partial charge in [0.05, 0.1) is 39.4 Å². The molecule has 1 N–H and O–H groups in total. The molecule has 400 valence electrons. The van der Waals surface area contributed by atoms with E-state index in [1.807, 2.05) is 60.3 Å². The Kier molecular flexibility index (Phi) is 14.3. The van der Waals surface area contributed by atoms with Crippen LogP contribution in [0.3, 0.4) is 0 Å². The summed E-state index contributed by atoms with van der Waals surface area (Å²) < 4.78 is 60.3. The molecule has 0 aliphatic carbocycles. The smallest absolute Gasteiger partial charge is 0.530 e. The van der Waals surface area contributed by atoms with E-state index in [0.717, 1.165) is 65.6 Å². The molecule has 9 aliphatic heterocycles. The number of hydrogen-bond donors (Lipinski definition) is 1. The Bertz CT molecular complexity index is 3380. The molecule has 3 aromatic carbocycles. The van der Waals surface area contributed by atoms with Gasteiger partial charge in [0.2, 0.25) is 26.3 Å². The summed E-state index contributed by atoms with van der Waals surface area (Å²) in [6.07, 6.45) is 0.374. The third kappa shape index (κ3) is 10.3. The maximum Gasteiger partial charge on any atom is 1.00 e. The largest absolute Gasteiger partial charge is 1.00 e. The van der Waals surface area contributed by atoms with Crippen LogP contribution in [0.2, 0.25) is 0 Å². The monoisotopic (exact) mass is 1110 g/mol. The second kappa shape index (κ2) is 21.2. The fraction of sp³-hybridized carbons (Fsp3) is 0.377. The van der Waals surface area contributed by atoms with Crippen molar-refractivity contribution in [2.75, 3.05) is 53.4 Å². The molecule has 1 amide bonds. The molecule has 0 bridgehead atoms. The van der Waals surface area contributed by atoms with Crippen LogP contribution < -0.4 is 66.8 Å². The first-order valence-corrected chi connectivity index (χ1v) is 27.1. The quantitative estimate of drug-likeness (QED) is 0.0981. The number of nitrogens with zero attached hydrogens (tertiary/aromatic N) is 4. The van der Waals surface area contributed by atoms with Gasteiger partial charge in [-0.25, -0.2) is 16.3 Å². The van der Waals surface area contributed by atoms with Gasteiger partial charge in [0.1, 0.15) is 36.4 Å². The van der Waals surface area contributed by atoms with Crippen molar-refractivity contribution >= 4 is 51.7 Å². The molecular weight excluding hydrogens is 1070 g/mol. The molecule has 1 unspecified atom stereocenters. The van der Waals surface area contributed by atoms with Crippen LogP contribution in [0.15, 0.2) is 80.7 Å². The fourth-order valence-corrected chi connectivity index (χ4v) is 12.4. The molecular formula is C53H48LiN5O16S3. The van der Waals surface area contributed by atoms with Crippen LogP contribution in [-0.2, 0) is 15.9 Å². The SMILES string of the molecule is CC1(C)COC(c2[c-]ccs2)=N1.CC1(C)COC(c2sccc2[C@@H]2c3cc4c(cc3OC[C@H]2[N+](=O)[O-])OCO4)=N1.O=C1N[C@@H]2COc3cc4c(cc3[C@H]2c2ccsc21)OCO4.O=[N+]([O-])C1COc2cc3c(cc2C1)OCO3.[Li+]. The van der Waals surface area contributed by atoms with Crippen molar-refractivity contribution < 1.29 is 85.6 Å². The predicted octanol–water partition coefficient (Wildman–Crippen LogP) is 5.42. The van der Waals surface area contributed by atoms with Gasteiger partial charge >= 0.3 is 18.9 Å². The van der Waals surface area contributed by atoms with Crippen molar-refractivity contribution in [3.8, 4) is 51.7 Å². The van der Waals surface area contributed by atoms with Gasteiger partial charge in [-0.15, -0.1) is 28.1 Å². The molecule has 0 saturated heterocycles. The Morgan fingerprint density at radius 2 is 1.10 bits per heavy atom. The minimum atomic E-state index is -0.920. The van der Waals surface area contributed by atoms with Gasteiger partial charge in [0.15, 0.2) is 47.7 Å². The number of ether oxygens (including phenoxy) is 11. The standard InChI is InChI=1S/C19H18N2O6S.C15H11NO4S.C10H9NO5.C9H10NOS.Li/c1-19(2)8-25-18(20-19)17-10(3-4-28-17)16-11-5-14-15(27-9-26-14)6-13(11)24-7-12(16)21(22)23;17-15-14-7(1-2-21-14)13-8-3-11-12(20-6-19-11)4-10(8)18-5-9(13)16-15;12-11(13)7-1-6-2-9-10(16-5-15-9)3-8(6)14-4-7;1-9(2)6-11-8(10-9)7-4-3-5-12-7;/h3-6,12,16H,7-9H2,1-2H3;1-4,9,13H,5-6H2,(H,16,17);2-3,7H,1,4-5H2;3,5H,6H2,1-2H3;/q;;;-1;+1/t12-,16-;9-,13-;;;/m11.../s1. The Morgan fingerprint density at radius 1 is 0.577 bits per heavy atom. The number of fused-ring (bicyclic) bond motifs is 10. The van der Waals surface area contributed by atoms with Crippen LogP contribution >= 0.6 is 34.0 Å². The van der Waals surface area contributed by atoms with Crippen LogP contribution in [0.25, 0.3) is 0 Å². The molecule has 3 aromatic heterocycles. The second-order valence-corrected chi connectivity index (χ2v) is 22.9. The molecule has 78 heavy (non-hydrogen) atoms. The van der Waals surface area contributed by atoms with Gasteiger partial charge in [0.25, 0.3) is 18.0 Å². The fourth-order valence-electron chi connectivity index (χ4n) is 10.0. The normalized spacial score (nSPS) is 22.7. The molecule has 0 spiro atoms. The predicted molar refractivity (Wildman–Crippen MR) is 279 cm³/mol. The maximum atomic E-state index is 12.1. The summed E-state index contributed by atoms with van der Waals surface area (Å²) in [6.45, 7) is 10.4. The zero-order valence-corrected chi connectivity index (χ0v) is 45.2. The number of rotatable bonds is 5. The molecule has 0 saturated carbocycles. The Hall–Kier alpha value is -7.23. The van der Waals surface area contributed by atoms with Crippen LogP contribution in [0, 0.1) is 26.3 Å². The van der Waals surface area contributed by atoms with E-state index in [9.17, 15) is 25.0 Å². The van der Waals surface area contributed by atoms with E-state index in [1.54, 1.807) is 35.6 Å². The summed E-state index contributed by atoms with van der Waals surface area (Å²) in [5.41, 5.74) is 4.11. The third-order valence-corrected chi connectivity index (χ3v) is 16.3. The molecule has 6 aromatic rings. The summed E-state index contributed by atoms with van der Waals surface area (Å²) in [5, 5.41) is 31.4. The van der Waals surface area contributed by atoms with E-state index in [-0.39, 0.29) is 91.2 Å². The first-order chi connectivity index (χ1) is 37.1. The van der Waals surface area contributed by atoms with Crippen molar-refractivity contribution in [2.45, 2.75) is 75.2 Å². The molecule has 0 radical (unpaired) electrons. The van der Waals surface area contributed by atoms with Gasteiger partial charge in [-0.3, -0.25) is 25.0 Å². The number of aliphatic imine (C=N–C) groups is 2. The first kappa shape index (κ1) is 52.8. The van der Waals surface area contributed by atoms with Crippen molar-refractivity contribution in [3.63, 3.8) is 0 Å². The van der Waals surface area contributed by atoms with Crippen molar-refractivity contribution in [1.29, 1.82) is 0 Å². The summed E-state index contributed by atoms with van der Waals surface area (Å²) >= 11 is 4.57. The van der Waals surface area contributed by atoms with Gasteiger partial charge in [-0.2, -0.15) is 12.1 Å². The number of hydrogen-bond acceptors (Lipinski definition) is 21. The summed E-state index contributed by atoms with van der Waals surface area (Å²) in [7, 11) is 0. The molecule has 15 rings (SSSR count). The van der Waals surface area contributed by atoms with E-state index in [0.29, 0.717) is 66.6 Å². The van der Waals surface area contributed by atoms with Gasteiger partial charge < -0.3 is 62.4 Å². The molecule has 12 heterocycles. The summed E-state index contributed by atoms with van der Waals surface area (Å²) in [6, 6.07) is 18.2. The van der Waals surface area contributed by atoms with E-state index in [4.69, 9.17) is 52.1 Å². The van der Waals surface area contributed by atoms with Gasteiger partial charge in [0, 0.05) is 57.1 Å². The number of thiophene rings is 3. The van der Waals surface area contributed by atoms with Gasteiger partial charge in [-0.1, -0.05) is 0 Å². The van der Waals surface area contributed by atoms with Crippen LogP contribution in [-0.4, -0.2) is 110 Å². The van der Waals surface area contributed by atoms with Crippen molar-refractivity contribution in [1.82, 2.24) is 5.32 Å². The van der Waals surface area contributed by atoms with Crippen LogP contribution in [0.4, 0.5) is 0 Å². The second-order valence-electron chi connectivity index (χ2n) is 20.1. The molecule has 9 aliphatic rings. The number of benzene rings is 3. The number of nitro groups is 2. The number of carbonyl (C=O) groups excluding carboxylic acids is 1. The van der Waals surface area contributed by atoms with Crippen molar-refractivity contribution in [3.05, 3.63) is 139 Å². The average molecular weight is 1110 g/mol. The number of nitrogens with one attached hydrogen (secondary N) is 1. The molecule has 5 atom stereocenters. The Morgan fingerprint density at radius 3 is 1.67 bits per heavy atom. The van der Waals surface area contributed by atoms with E-state index in [1.165, 1.54) is 22.7 Å². The Balaban J connectivity index is 0.000000115. The first-order valence-electron chi connectivity index (χ1n) is 24.5. The number of carbonyl (C=O) groups is 1. The third-order valence-electron chi connectivity index (χ3n) is 13.7. The summed E-state index contributed by atoms with van der Waals surface area (Å²) in [4.78, 5) is 45.7. The van der Waals surface area contributed by atoms with Crippen molar-refractivity contribution in [2.24, 2.45) is 9.98 Å². The van der Waals surface area contributed by atoms with Gasteiger partial charge in [-0.05, 0) is 84.8 Å². The zero-order chi connectivity index (χ0) is 53.2. The maximum absolute atomic E-state index is 12.1. The summed E-state index contributed by atoms with van der Waals surface area (Å²) in [5.74, 6) is 6.85. The molecule has 21 nitrogen and oxygen atoms in total. The minimum Gasteiger partial charge on any atom is -0.530 e. The zero-order valence-electron chi connectivity index (χ0n) is 42.7. The average Bonchev–Trinajstić information content (AvgIpc) is 4.43. The number of amides is 1. The van der Waals surface area contributed by atoms with E-state index in [2.05, 4.69) is 35.2 Å². The molecule has 25 heteroatoms. The van der Waals surface area contributed by atoms with E-state index >= 15 is 0 Å². The minimum absolute atomic E-state index is 0. The van der Waals surface area contributed by atoms with Crippen LogP contribution in [0.5, 0.6) is 51.7 Å².